The van der Waals surface area contributed by atoms with Gasteiger partial charge in [0.1, 0.15) is 12.4 Å². The van der Waals surface area contributed by atoms with Crippen molar-refractivity contribution >= 4 is 23.5 Å². The Morgan fingerprint density at radius 3 is 3.20 bits per heavy atom. The minimum absolute atomic E-state index is 0.224. The zero-order chi connectivity index (χ0) is 14.5. The number of nitrogens with one attached hydrogen (secondary N) is 1. The van der Waals surface area contributed by atoms with E-state index in [9.17, 15) is 9.59 Å². The molecule has 0 radical (unpaired) electrons. The van der Waals surface area contributed by atoms with Crippen molar-refractivity contribution in [2.75, 3.05) is 12.4 Å². The predicted octanol–water partition coefficient (Wildman–Crippen LogP) is -0.459. The van der Waals surface area contributed by atoms with Crippen LogP contribution < -0.4 is 11.3 Å². The van der Waals surface area contributed by atoms with Crippen LogP contribution in [0, 0.1) is 0 Å². The van der Waals surface area contributed by atoms with Crippen molar-refractivity contribution in [1.29, 1.82) is 0 Å². The molecule has 0 amide bonds. The third-order valence-corrected chi connectivity index (χ3v) is 3.55. The van der Waals surface area contributed by atoms with Gasteiger partial charge in [-0.3, -0.25) is 14.7 Å². The number of aromatic amines is 1. The molecule has 2 aromatic heterocycles. The molecule has 0 bridgehead atoms. The van der Waals surface area contributed by atoms with E-state index >= 15 is 0 Å². The molecule has 0 aliphatic rings. The number of nitrogens with two attached hydrogens (primary N) is 1. The average Bonchev–Trinajstić information content (AvgIpc) is 2.87. The van der Waals surface area contributed by atoms with Gasteiger partial charge in [-0.25, -0.2) is 9.97 Å². The molecule has 2 rings (SSSR count). The highest BCUT2D eigenvalue weighted by atomic mass is 32.2. The van der Waals surface area contributed by atoms with E-state index in [0.717, 1.165) is 0 Å². The third kappa shape index (κ3) is 3.36. The third-order valence-electron chi connectivity index (χ3n) is 2.46. The van der Waals surface area contributed by atoms with Gasteiger partial charge in [0.25, 0.3) is 11.3 Å². The van der Waals surface area contributed by atoms with Gasteiger partial charge in [0.2, 0.25) is 0 Å². The number of carbonyl (C=O) groups excluding carboxylic acids is 1. The normalized spacial score (nSPS) is 12.5. The van der Waals surface area contributed by atoms with Crippen LogP contribution in [0.3, 0.4) is 0 Å². The second-order valence-electron chi connectivity index (χ2n) is 3.98. The van der Waals surface area contributed by atoms with Crippen LogP contribution in [0.2, 0.25) is 0 Å². The summed E-state index contributed by atoms with van der Waals surface area (Å²) < 4.78 is 6.06. The lowest BCUT2D eigenvalue weighted by atomic mass is 10.4. The van der Waals surface area contributed by atoms with Crippen molar-refractivity contribution in [2.45, 2.75) is 18.7 Å². The number of aromatic nitrogens is 4. The maximum atomic E-state index is 11.7. The summed E-state index contributed by atoms with van der Waals surface area (Å²) in [5, 5.41) is 2.66. The first-order valence-corrected chi connectivity index (χ1v) is 7.19. The standard InChI is InChI=1S/C11H15N5O3S/c1-2-19-10(18)8(12)5-20-4-7-3-9(17)16-11(15-7)13-6-14-16/h3,6,8H,2,4-5,12H2,1H3,(H,13,14,15). The fourth-order valence-corrected chi connectivity index (χ4v) is 2.42. The van der Waals surface area contributed by atoms with Crippen molar-refractivity contribution in [3.8, 4) is 0 Å². The van der Waals surface area contributed by atoms with Gasteiger partial charge < -0.3 is 10.5 Å². The quantitative estimate of drug-likeness (QED) is 0.693. The number of hydrogen-bond acceptors (Lipinski definition) is 7. The molecule has 0 spiro atoms. The minimum atomic E-state index is -0.671. The van der Waals surface area contributed by atoms with Crippen molar-refractivity contribution in [2.24, 2.45) is 5.73 Å². The molecule has 0 aliphatic carbocycles. The van der Waals surface area contributed by atoms with E-state index in [-0.39, 0.29) is 5.56 Å². The molecule has 0 aromatic carbocycles. The highest BCUT2D eigenvalue weighted by molar-refractivity contribution is 7.98. The van der Waals surface area contributed by atoms with Crippen LogP contribution in [-0.4, -0.2) is 44.0 Å². The van der Waals surface area contributed by atoms with Crippen molar-refractivity contribution < 1.29 is 9.53 Å². The van der Waals surface area contributed by atoms with Crippen LogP contribution in [-0.2, 0) is 15.3 Å². The van der Waals surface area contributed by atoms with Crippen LogP contribution in [0.5, 0.6) is 0 Å². The highest BCUT2D eigenvalue weighted by Gasteiger charge is 2.14. The number of rotatable bonds is 6. The Kier molecular flexibility index (Phi) is 4.74. The molecular formula is C11H15N5O3S. The summed E-state index contributed by atoms with van der Waals surface area (Å²) >= 11 is 1.41. The Balaban J connectivity index is 1.93. The van der Waals surface area contributed by atoms with E-state index in [2.05, 4.69) is 15.1 Å². The summed E-state index contributed by atoms with van der Waals surface area (Å²) in [4.78, 5) is 31.2. The van der Waals surface area contributed by atoms with Crippen molar-refractivity contribution in [3.05, 3.63) is 28.4 Å². The molecule has 1 atom stereocenters. The fraction of sp³-hybridized carbons (Fsp3) is 0.455. The van der Waals surface area contributed by atoms with Crippen LogP contribution in [0.4, 0.5) is 0 Å². The van der Waals surface area contributed by atoms with Crippen LogP contribution in [0.1, 0.15) is 12.6 Å². The summed E-state index contributed by atoms with van der Waals surface area (Å²) in [6.45, 7) is 2.04. The number of nitrogens with zero attached hydrogens (tertiary/aromatic N) is 3. The lowest BCUT2D eigenvalue weighted by Crippen LogP contribution is -2.34. The van der Waals surface area contributed by atoms with Gasteiger partial charge in [-0.05, 0) is 6.92 Å². The van der Waals surface area contributed by atoms with Crippen LogP contribution in [0.25, 0.3) is 5.78 Å². The first kappa shape index (κ1) is 14.5. The number of hydrogen-bond donors (Lipinski definition) is 2. The van der Waals surface area contributed by atoms with Gasteiger partial charge in [0, 0.05) is 17.6 Å². The predicted molar refractivity (Wildman–Crippen MR) is 74.4 cm³/mol. The Labute approximate surface area is 118 Å². The summed E-state index contributed by atoms with van der Waals surface area (Å²) in [7, 11) is 0. The molecule has 8 nitrogen and oxygen atoms in total. The summed E-state index contributed by atoms with van der Waals surface area (Å²) in [6, 6.07) is 0.754. The maximum absolute atomic E-state index is 11.7. The van der Waals surface area contributed by atoms with Gasteiger partial charge in [0.15, 0.2) is 0 Å². The number of ether oxygens (including phenoxy) is 1. The molecule has 0 saturated carbocycles. The first-order chi connectivity index (χ1) is 9.61. The number of H-pyrrole nitrogens is 1. The SMILES string of the molecule is CCOC(=O)C(N)CSCc1cc(=O)n2[nH]cnc2n1. The molecule has 0 saturated heterocycles. The van der Waals surface area contributed by atoms with Gasteiger partial charge in [-0.2, -0.15) is 16.3 Å². The molecule has 1 unspecified atom stereocenters. The smallest absolute Gasteiger partial charge is 0.323 e. The zero-order valence-corrected chi connectivity index (χ0v) is 11.7. The highest BCUT2D eigenvalue weighted by Crippen LogP contribution is 2.10. The molecule has 20 heavy (non-hydrogen) atoms. The monoisotopic (exact) mass is 297 g/mol. The Morgan fingerprint density at radius 1 is 1.65 bits per heavy atom. The lowest BCUT2D eigenvalue weighted by molar-refractivity contribution is -0.144. The summed E-state index contributed by atoms with van der Waals surface area (Å²) in [5.41, 5.74) is 6.05. The number of fused-ring (bicyclic) bond motifs is 1. The van der Waals surface area contributed by atoms with Crippen molar-refractivity contribution in [3.63, 3.8) is 0 Å². The Morgan fingerprint density at radius 2 is 2.45 bits per heavy atom. The minimum Gasteiger partial charge on any atom is -0.465 e. The molecule has 2 heterocycles. The van der Waals surface area contributed by atoms with Gasteiger partial charge in [0.05, 0.1) is 12.3 Å². The average molecular weight is 297 g/mol. The molecule has 3 N–H and O–H groups in total. The lowest BCUT2D eigenvalue weighted by Gasteiger charge is -2.09. The van der Waals surface area contributed by atoms with Crippen LogP contribution >= 0.6 is 11.8 Å². The van der Waals surface area contributed by atoms with Gasteiger partial charge in [-0.1, -0.05) is 0 Å². The van der Waals surface area contributed by atoms with E-state index in [4.69, 9.17) is 10.5 Å². The molecule has 108 valence electrons. The second-order valence-corrected chi connectivity index (χ2v) is 5.01. The van der Waals surface area contributed by atoms with Gasteiger partial charge in [-0.15, -0.1) is 0 Å². The summed E-state index contributed by atoms with van der Waals surface area (Å²) in [5.74, 6) is 0.783. The van der Waals surface area contributed by atoms with E-state index in [1.54, 1.807) is 6.92 Å². The topological polar surface area (TPSA) is 115 Å². The number of carbonyl (C=O) groups is 1. The van der Waals surface area contributed by atoms with E-state index in [1.165, 1.54) is 28.7 Å². The molecule has 0 fully saturated rings. The fourth-order valence-electron chi connectivity index (χ4n) is 1.55. The van der Waals surface area contributed by atoms with E-state index in [0.29, 0.717) is 29.6 Å². The first-order valence-electron chi connectivity index (χ1n) is 6.04. The maximum Gasteiger partial charge on any atom is 0.323 e. The second kappa shape index (κ2) is 6.53. The zero-order valence-electron chi connectivity index (χ0n) is 10.9. The molecule has 2 aromatic rings. The number of esters is 1. The van der Waals surface area contributed by atoms with E-state index in [1.807, 2.05) is 0 Å². The number of thioether (sulfide) groups is 1. The molecular weight excluding hydrogens is 282 g/mol. The Hall–Kier alpha value is -1.87. The Bertz CT molecular complexity index is 653. The van der Waals surface area contributed by atoms with E-state index < -0.39 is 12.0 Å². The van der Waals surface area contributed by atoms with Crippen molar-refractivity contribution in [1.82, 2.24) is 19.6 Å². The molecule has 0 aliphatic heterocycles. The van der Waals surface area contributed by atoms with Gasteiger partial charge >= 0.3 is 5.97 Å². The largest absolute Gasteiger partial charge is 0.465 e. The summed E-state index contributed by atoms with van der Waals surface area (Å²) in [6.07, 6.45) is 1.40. The molecule has 9 heteroatoms. The van der Waals surface area contributed by atoms with Crippen LogP contribution in [0.15, 0.2) is 17.2 Å².